The molecule has 5 nitrogen and oxygen atoms in total. The van der Waals surface area contributed by atoms with Crippen molar-refractivity contribution in [3.63, 3.8) is 0 Å². The zero-order valence-corrected chi connectivity index (χ0v) is 9.48. The average Bonchev–Trinajstić information content (AvgIpc) is 2.25. The highest BCUT2D eigenvalue weighted by Gasteiger charge is 2.16. The van der Waals surface area contributed by atoms with Gasteiger partial charge in [0.05, 0.1) is 0 Å². The van der Waals surface area contributed by atoms with Crippen molar-refractivity contribution < 1.29 is 14.7 Å². The summed E-state index contributed by atoms with van der Waals surface area (Å²) >= 11 is 0. The predicted molar refractivity (Wildman–Crippen MR) is 60.0 cm³/mol. The third kappa shape index (κ3) is 4.93. The molecule has 1 saturated heterocycles. The fraction of sp³-hybridized carbons (Fsp3) is 0.636. The van der Waals surface area contributed by atoms with Crippen molar-refractivity contribution in [1.29, 1.82) is 0 Å². The fourth-order valence-corrected chi connectivity index (χ4v) is 1.72. The molecule has 0 aromatic rings. The number of piperidine rings is 1. The van der Waals surface area contributed by atoms with E-state index in [4.69, 9.17) is 5.11 Å². The molecule has 2 N–H and O–H groups in total. The van der Waals surface area contributed by atoms with Crippen LogP contribution in [0.1, 0.15) is 12.8 Å². The van der Waals surface area contributed by atoms with Gasteiger partial charge in [-0.15, -0.1) is 0 Å². The number of carboxylic acids is 1. The lowest BCUT2D eigenvalue weighted by atomic mass is 9.97. The zero-order valence-electron chi connectivity index (χ0n) is 9.48. The minimum absolute atomic E-state index is 0.332. The lowest BCUT2D eigenvalue weighted by Gasteiger charge is -2.28. The van der Waals surface area contributed by atoms with Gasteiger partial charge in [-0.3, -0.25) is 4.79 Å². The van der Waals surface area contributed by atoms with Gasteiger partial charge in [0.25, 0.3) is 0 Å². The Morgan fingerprint density at radius 2 is 2.00 bits per heavy atom. The van der Waals surface area contributed by atoms with Crippen LogP contribution in [0.2, 0.25) is 0 Å². The molecule has 0 radical (unpaired) electrons. The van der Waals surface area contributed by atoms with E-state index in [9.17, 15) is 9.59 Å². The van der Waals surface area contributed by atoms with Gasteiger partial charge in [0.1, 0.15) is 0 Å². The molecule has 0 aromatic heterocycles. The van der Waals surface area contributed by atoms with Crippen LogP contribution in [0, 0.1) is 5.92 Å². The Labute approximate surface area is 95.1 Å². The standard InChI is InChI=1S/C11H18N2O3/c1-13-6-4-9(5-7-13)8-12-10(14)2-3-11(15)16/h2-3,9H,4-8H2,1H3,(H,12,14)(H,15,16). The molecule has 0 spiro atoms. The van der Waals surface area contributed by atoms with Gasteiger partial charge < -0.3 is 15.3 Å². The Balaban J connectivity index is 2.19. The molecule has 0 atom stereocenters. The Morgan fingerprint density at radius 3 is 2.56 bits per heavy atom. The third-order valence-corrected chi connectivity index (χ3v) is 2.78. The minimum Gasteiger partial charge on any atom is -0.478 e. The SMILES string of the molecule is CN1CCC(CNC(=O)C=CC(=O)O)CC1. The molecule has 0 aliphatic carbocycles. The summed E-state index contributed by atoms with van der Waals surface area (Å²) in [4.78, 5) is 23.6. The molecular weight excluding hydrogens is 208 g/mol. The summed E-state index contributed by atoms with van der Waals surface area (Å²) in [5.74, 6) is -0.922. The first-order valence-electron chi connectivity index (χ1n) is 5.45. The fourth-order valence-electron chi connectivity index (χ4n) is 1.72. The number of hydrogen-bond donors (Lipinski definition) is 2. The highest BCUT2D eigenvalue weighted by molar-refractivity contribution is 5.93. The molecule has 5 heteroatoms. The number of rotatable bonds is 4. The third-order valence-electron chi connectivity index (χ3n) is 2.78. The highest BCUT2D eigenvalue weighted by Crippen LogP contribution is 2.14. The van der Waals surface area contributed by atoms with Crippen LogP contribution in [0.5, 0.6) is 0 Å². The second kappa shape index (κ2) is 6.27. The summed E-state index contributed by atoms with van der Waals surface area (Å²) < 4.78 is 0. The minimum atomic E-state index is -1.10. The normalized spacial score (nSPS) is 18.8. The van der Waals surface area contributed by atoms with Crippen molar-refractivity contribution in [2.24, 2.45) is 5.92 Å². The van der Waals surface area contributed by atoms with Crippen molar-refractivity contribution in [3.05, 3.63) is 12.2 Å². The number of carbonyl (C=O) groups is 2. The Hall–Kier alpha value is -1.36. The van der Waals surface area contributed by atoms with Crippen molar-refractivity contribution in [3.8, 4) is 0 Å². The molecule has 1 aliphatic heterocycles. The lowest BCUT2D eigenvalue weighted by molar-refractivity contribution is -0.131. The zero-order chi connectivity index (χ0) is 12.0. The number of aliphatic carboxylic acids is 1. The van der Waals surface area contributed by atoms with Gasteiger partial charge in [-0.05, 0) is 38.9 Å². The maximum Gasteiger partial charge on any atom is 0.328 e. The lowest BCUT2D eigenvalue weighted by Crippen LogP contribution is -2.36. The van der Waals surface area contributed by atoms with Crippen LogP contribution >= 0.6 is 0 Å². The second-order valence-corrected chi connectivity index (χ2v) is 4.16. The molecule has 0 saturated carbocycles. The monoisotopic (exact) mass is 226 g/mol. The summed E-state index contributed by atoms with van der Waals surface area (Å²) in [6.07, 6.45) is 4.07. The Morgan fingerprint density at radius 1 is 1.38 bits per heavy atom. The van der Waals surface area contributed by atoms with Gasteiger partial charge in [0.15, 0.2) is 0 Å². The first kappa shape index (κ1) is 12.7. The number of nitrogens with one attached hydrogen (secondary N) is 1. The molecule has 1 rings (SSSR count). The summed E-state index contributed by atoms with van der Waals surface area (Å²) in [6, 6.07) is 0. The summed E-state index contributed by atoms with van der Waals surface area (Å²) in [5, 5.41) is 11.1. The van der Waals surface area contributed by atoms with E-state index in [-0.39, 0.29) is 5.91 Å². The predicted octanol–water partition coefficient (Wildman–Crippen LogP) is 0.0852. The molecule has 0 aromatic carbocycles. The summed E-state index contributed by atoms with van der Waals surface area (Å²) in [6.45, 7) is 2.76. The van der Waals surface area contributed by atoms with Crippen LogP contribution in [0.25, 0.3) is 0 Å². The van der Waals surface area contributed by atoms with E-state index < -0.39 is 5.97 Å². The van der Waals surface area contributed by atoms with Crippen LogP contribution in [0.4, 0.5) is 0 Å². The van der Waals surface area contributed by atoms with Crippen molar-refractivity contribution in [2.75, 3.05) is 26.7 Å². The van der Waals surface area contributed by atoms with Gasteiger partial charge in [0.2, 0.25) is 5.91 Å². The molecule has 1 fully saturated rings. The molecule has 1 heterocycles. The van der Waals surface area contributed by atoms with E-state index >= 15 is 0 Å². The Kier molecular flexibility index (Phi) is 4.98. The molecule has 16 heavy (non-hydrogen) atoms. The topological polar surface area (TPSA) is 69.6 Å². The van der Waals surface area contributed by atoms with Gasteiger partial charge in [-0.1, -0.05) is 0 Å². The van der Waals surface area contributed by atoms with Gasteiger partial charge in [0, 0.05) is 18.7 Å². The first-order valence-corrected chi connectivity index (χ1v) is 5.45. The molecule has 1 aliphatic rings. The van der Waals surface area contributed by atoms with E-state index in [1.807, 2.05) is 0 Å². The smallest absolute Gasteiger partial charge is 0.328 e. The Bertz CT molecular complexity index is 281. The van der Waals surface area contributed by atoms with Crippen LogP contribution in [0.3, 0.4) is 0 Å². The van der Waals surface area contributed by atoms with Gasteiger partial charge >= 0.3 is 5.97 Å². The second-order valence-electron chi connectivity index (χ2n) is 4.16. The number of hydrogen-bond acceptors (Lipinski definition) is 3. The number of amides is 1. The number of carbonyl (C=O) groups excluding carboxylic acids is 1. The quantitative estimate of drug-likeness (QED) is 0.666. The van der Waals surface area contributed by atoms with E-state index in [1.165, 1.54) is 0 Å². The maximum atomic E-state index is 11.2. The van der Waals surface area contributed by atoms with E-state index in [2.05, 4.69) is 17.3 Å². The van der Waals surface area contributed by atoms with Crippen molar-refractivity contribution >= 4 is 11.9 Å². The number of likely N-dealkylation sites (tertiary alicyclic amines) is 1. The van der Waals surface area contributed by atoms with Crippen LogP contribution in [0.15, 0.2) is 12.2 Å². The van der Waals surface area contributed by atoms with E-state index in [0.29, 0.717) is 12.5 Å². The first-order chi connectivity index (χ1) is 7.58. The van der Waals surface area contributed by atoms with Gasteiger partial charge in [-0.25, -0.2) is 4.79 Å². The highest BCUT2D eigenvalue weighted by atomic mass is 16.4. The van der Waals surface area contributed by atoms with Crippen LogP contribution in [-0.2, 0) is 9.59 Å². The summed E-state index contributed by atoms with van der Waals surface area (Å²) in [7, 11) is 2.09. The summed E-state index contributed by atoms with van der Waals surface area (Å²) in [5.41, 5.74) is 0. The molecule has 1 amide bonds. The average molecular weight is 226 g/mol. The van der Waals surface area contributed by atoms with Crippen molar-refractivity contribution in [1.82, 2.24) is 10.2 Å². The maximum absolute atomic E-state index is 11.2. The van der Waals surface area contributed by atoms with E-state index in [1.54, 1.807) is 0 Å². The van der Waals surface area contributed by atoms with Gasteiger partial charge in [-0.2, -0.15) is 0 Å². The van der Waals surface area contributed by atoms with Crippen LogP contribution < -0.4 is 5.32 Å². The van der Waals surface area contributed by atoms with Crippen molar-refractivity contribution in [2.45, 2.75) is 12.8 Å². The molecular formula is C11H18N2O3. The number of carboxylic acid groups (broad SMARTS) is 1. The molecule has 0 unspecified atom stereocenters. The van der Waals surface area contributed by atoms with Crippen LogP contribution in [-0.4, -0.2) is 48.6 Å². The molecule has 0 bridgehead atoms. The number of nitrogens with zero attached hydrogens (tertiary/aromatic N) is 1. The van der Waals surface area contributed by atoms with E-state index in [0.717, 1.165) is 38.1 Å². The largest absolute Gasteiger partial charge is 0.478 e. The molecule has 90 valence electrons.